The van der Waals surface area contributed by atoms with Crippen LogP contribution in [-0.4, -0.2) is 27.6 Å². The lowest BCUT2D eigenvalue weighted by Gasteiger charge is -2.19. The first-order chi connectivity index (χ1) is 9.95. The van der Waals surface area contributed by atoms with Gasteiger partial charge in [-0.2, -0.15) is 0 Å². The molecule has 0 radical (unpaired) electrons. The number of hydrogen-bond acceptors (Lipinski definition) is 4. The molecule has 2 N–H and O–H groups in total. The number of rotatable bonds is 5. The van der Waals surface area contributed by atoms with Crippen LogP contribution in [0.3, 0.4) is 0 Å². The highest BCUT2D eigenvalue weighted by molar-refractivity contribution is 7.92. The van der Waals surface area contributed by atoms with E-state index in [1.165, 1.54) is 19.2 Å². The van der Waals surface area contributed by atoms with Gasteiger partial charge in [0.2, 0.25) is 0 Å². The molecule has 0 unspecified atom stereocenters. The summed E-state index contributed by atoms with van der Waals surface area (Å²) in [7, 11) is -0.341. The van der Waals surface area contributed by atoms with Crippen LogP contribution in [0.15, 0.2) is 53.4 Å². The van der Waals surface area contributed by atoms with Gasteiger partial charge >= 0.3 is 0 Å². The van der Waals surface area contributed by atoms with Gasteiger partial charge in [0.05, 0.1) is 10.6 Å². The molecule has 0 spiro atoms. The molecule has 6 heteroatoms. The minimum atomic E-state index is -3.64. The van der Waals surface area contributed by atoms with Crippen LogP contribution in [0, 0.1) is 0 Å². The Morgan fingerprint density at radius 2 is 1.81 bits per heavy atom. The van der Waals surface area contributed by atoms with Crippen LogP contribution in [0.2, 0.25) is 0 Å². The Hall–Kier alpha value is -2.05. The summed E-state index contributed by atoms with van der Waals surface area (Å²) in [5.74, 6) is 0.0268. The average molecular weight is 306 g/mol. The van der Waals surface area contributed by atoms with Crippen LogP contribution in [-0.2, 0) is 16.6 Å². The van der Waals surface area contributed by atoms with Crippen LogP contribution in [0.5, 0.6) is 5.75 Å². The Morgan fingerprint density at radius 3 is 2.38 bits per heavy atom. The van der Waals surface area contributed by atoms with E-state index in [0.717, 1.165) is 9.87 Å². The number of nitrogens with zero attached hydrogens (tertiary/aromatic N) is 1. The van der Waals surface area contributed by atoms with E-state index in [1.54, 1.807) is 36.4 Å². The average Bonchev–Trinajstić information content (AvgIpc) is 2.47. The second kappa shape index (κ2) is 6.15. The minimum absolute atomic E-state index is 0.0268. The van der Waals surface area contributed by atoms with Crippen LogP contribution >= 0.6 is 0 Å². The fraction of sp³-hybridized carbons (Fsp3) is 0.200. The second-order valence-electron chi connectivity index (χ2n) is 4.67. The first-order valence-corrected chi connectivity index (χ1v) is 7.90. The SMILES string of the molecule is CNCc1ccc(S(=O)(=O)N(C)c2cccc(O)c2)cc1. The molecule has 2 aromatic rings. The molecule has 0 aliphatic rings. The number of phenolic OH excluding ortho intramolecular Hbond substituents is 1. The Morgan fingerprint density at radius 1 is 1.14 bits per heavy atom. The number of anilines is 1. The van der Waals surface area contributed by atoms with E-state index in [2.05, 4.69) is 5.32 Å². The molecule has 0 saturated carbocycles. The van der Waals surface area contributed by atoms with E-state index in [1.807, 2.05) is 7.05 Å². The molecule has 0 aliphatic carbocycles. The zero-order valence-corrected chi connectivity index (χ0v) is 12.8. The van der Waals surface area contributed by atoms with E-state index in [9.17, 15) is 13.5 Å². The van der Waals surface area contributed by atoms with E-state index in [4.69, 9.17) is 0 Å². The van der Waals surface area contributed by atoms with E-state index < -0.39 is 10.0 Å². The summed E-state index contributed by atoms with van der Waals surface area (Å²) >= 11 is 0. The zero-order valence-electron chi connectivity index (χ0n) is 11.9. The van der Waals surface area contributed by atoms with Gasteiger partial charge in [-0.1, -0.05) is 18.2 Å². The zero-order chi connectivity index (χ0) is 15.5. The largest absolute Gasteiger partial charge is 0.508 e. The quantitative estimate of drug-likeness (QED) is 0.885. The van der Waals surface area contributed by atoms with Crippen molar-refractivity contribution in [1.82, 2.24) is 5.32 Å². The maximum absolute atomic E-state index is 12.5. The van der Waals surface area contributed by atoms with Crippen molar-refractivity contribution < 1.29 is 13.5 Å². The van der Waals surface area contributed by atoms with Crippen molar-refractivity contribution in [3.63, 3.8) is 0 Å². The van der Waals surface area contributed by atoms with Gasteiger partial charge in [-0.05, 0) is 36.9 Å². The first kappa shape index (κ1) is 15.3. The molecule has 0 saturated heterocycles. The molecule has 0 amide bonds. The Bertz CT molecular complexity index is 712. The van der Waals surface area contributed by atoms with Crippen molar-refractivity contribution in [3.05, 3.63) is 54.1 Å². The molecular weight excluding hydrogens is 288 g/mol. The maximum Gasteiger partial charge on any atom is 0.264 e. The normalized spacial score (nSPS) is 11.3. The Labute approximate surface area is 124 Å². The molecule has 0 aliphatic heterocycles. The summed E-state index contributed by atoms with van der Waals surface area (Å²) in [5.41, 5.74) is 1.42. The lowest BCUT2D eigenvalue weighted by Crippen LogP contribution is -2.26. The van der Waals surface area contributed by atoms with Gasteiger partial charge in [-0.25, -0.2) is 8.42 Å². The highest BCUT2D eigenvalue weighted by atomic mass is 32.2. The van der Waals surface area contributed by atoms with Crippen LogP contribution in [0.25, 0.3) is 0 Å². The topological polar surface area (TPSA) is 69.6 Å². The number of aromatic hydroxyl groups is 1. The van der Waals surface area contributed by atoms with Crippen molar-refractivity contribution in [2.45, 2.75) is 11.4 Å². The third kappa shape index (κ3) is 3.34. The molecule has 112 valence electrons. The summed E-state index contributed by atoms with van der Waals surface area (Å²) < 4.78 is 26.2. The van der Waals surface area contributed by atoms with Gasteiger partial charge in [0, 0.05) is 19.7 Å². The highest BCUT2D eigenvalue weighted by Crippen LogP contribution is 2.25. The van der Waals surface area contributed by atoms with Gasteiger partial charge in [-0.15, -0.1) is 0 Å². The van der Waals surface area contributed by atoms with Crippen LogP contribution in [0.1, 0.15) is 5.56 Å². The van der Waals surface area contributed by atoms with Crippen molar-refractivity contribution >= 4 is 15.7 Å². The summed E-state index contributed by atoms with van der Waals surface area (Å²) in [4.78, 5) is 0.216. The molecule has 0 atom stereocenters. The fourth-order valence-corrected chi connectivity index (χ4v) is 3.16. The molecule has 0 bridgehead atoms. The Kier molecular flexibility index (Phi) is 4.50. The molecule has 21 heavy (non-hydrogen) atoms. The monoisotopic (exact) mass is 306 g/mol. The smallest absolute Gasteiger partial charge is 0.264 e. The predicted octanol–water partition coefficient (Wildman–Crippen LogP) is 1.94. The van der Waals surface area contributed by atoms with Gasteiger partial charge in [0.15, 0.2) is 0 Å². The minimum Gasteiger partial charge on any atom is -0.508 e. The number of hydrogen-bond donors (Lipinski definition) is 2. The van der Waals surface area contributed by atoms with E-state index in [-0.39, 0.29) is 10.6 Å². The van der Waals surface area contributed by atoms with E-state index in [0.29, 0.717) is 12.2 Å². The summed E-state index contributed by atoms with van der Waals surface area (Å²) in [6, 6.07) is 12.9. The number of sulfonamides is 1. The molecule has 2 aromatic carbocycles. The third-order valence-corrected chi connectivity index (χ3v) is 4.96. The van der Waals surface area contributed by atoms with Gasteiger partial charge in [0.25, 0.3) is 10.0 Å². The van der Waals surface area contributed by atoms with E-state index >= 15 is 0 Å². The molecular formula is C15H18N2O3S. The second-order valence-corrected chi connectivity index (χ2v) is 6.64. The maximum atomic E-state index is 12.5. The van der Waals surface area contributed by atoms with Crippen molar-refractivity contribution in [2.75, 3.05) is 18.4 Å². The standard InChI is InChI=1S/C15H18N2O3S/c1-16-11-12-6-8-15(9-7-12)21(19,20)17(2)13-4-3-5-14(18)10-13/h3-10,16,18H,11H2,1-2H3. The van der Waals surface area contributed by atoms with Gasteiger partial charge < -0.3 is 10.4 Å². The highest BCUT2D eigenvalue weighted by Gasteiger charge is 2.21. The van der Waals surface area contributed by atoms with Crippen LogP contribution in [0.4, 0.5) is 5.69 Å². The third-order valence-electron chi connectivity index (χ3n) is 3.16. The number of benzene rings is 2. The molecule has 5 nitrogen and oxygen atoms in total. The molecule has 2 rings (SSSR count). The summed E-state index contributed by atoms with van der Waals surface area (Å²) in [6.45, 7) is 0.683. The van der Waals surface area contributed by atoms with Gasteiger partial charge in [-0.3, -0.25) is 4.31 Å². The predicted molar refractivity (Wildman–Crippen MR) is 82.9 cm³/mol. The fourth-order valence-electron chi connectivity index (χ4n) is 1.97. The summed E-state index contributed by atoms with van der Waals surface area (Å²) in [5, 5.41) is 12.5. The van der Waals surface area contributed by atoms with Gasteiger partial charge in [0.1, 0.15) is 5.75 Å². The number of phenols is 1. The first-order valence-electron chi connectivity index (χ1n) is 6.46. The number of nitrogens with one attached hydrogen (secondary N) is 1. The Balaban J connectivity index is 2.32. The van der Waals surface area contributed by atoms with Crippen LogP contribution < -0.4 is 9.62 Å². The lowest BCUT2D eigenvalue weighted by molar-refractivity contribution is 0.475. The van der Waals surface area contributed by atoms with Crippen molar-refractivity contribution in [2.24, 2.45) is 0 Å². The lowest BCUT2D eigenvalue weighted by atomic mass is 10.2. The van der Waals surface area contributed by atoms with Crippen molar-refractivity contribution in [3.8, 4) is 5.75 Å². The molecule has 0 aromatic heterocycles. The molecule has 0 fully saturated rings. The summed E-state index contributed by atoms with van der Waals surface area (Å²) in [6.07, 6.45) is 0. The van der Waals surface area contributed by atoms with Crippen molar-refractivity contribution in [1.29, 1.82) is 0 Å². The molecule has 0 heterocycles.